The molecule has 3 rings (SSSR count). The fraction of sp³-hybridized carbons (Fsp3) is 1.00. The van der Waals surface area contributed by atoms with Gasteiger partial charge in [-0.15, -0.1) is 0 Å². The summed E-state index contributed by atoms with van der Waals surface area (Å²) < 4.78 is 0. The molecule has 0 spiro atoms. The maximum atomic E-state index is 10.1. The molecule has 1 heterocycles. The first-order valence-corrected chi connectivity index (χ1v) is 7.30. The zero-order chi connectivity index (χ0) is 11.0. The van der Waals surface area contributed by atoms with Gasteiger partial charge in [-0.2, -0.15) is 0 Å². The predicted octanol–water partition coefficient (Wildman–Crippen LogP) is 2.55. The smallest absolute Gasteiger partial charge is 0.0695 e. The summed E-state index contributed by atoms with van der Waals surface area (Å²) in [7, 11) is 0. The molecule has 0 aromatic heterocycles. The second-order valence-corrected chi connectivity index (χ2v) is 6.06. The van der Waals surface area contributed by atoms with Crippen molar-refractivity contribution in [3.05, 3.63) is 0 Å². The molecule has 1 N–H and O–H groups in total. The number of aliphatic hydroxyl groups is 1. The molecule has 4 atom stereocenters. The van der Waals surface area contributed by atoms with Crippen LogP contribution in [0.15, 0.2) is 0 Å². The molecule has 2 heteroatoms. The molecule has 0 aromatic carbocycles. The van der Waals surface area contributed by atoms with E-state index >= 15 is 0 Å². The molecule has 0 radical (unpaired) electrons. The highest BCUT2D eigenvalue weighted by Crippen LogP contribution is 2.39. The highest BCUT2D eigenvalue weighted by Gasteiger charge is 2.40. The Morgan fingerprint density at radius 2 is 1.50 bits per heavy atom. The lowest BCUT2D eigenvalue weighted by atomic mass is 9.77. The van der Waals surface area contributed by atoms with Gasteiger partial charge in [-0.05, 0) is 57.4 Å². The highest BCUT2D eigenvalue weighted by molar-refractivity contribution is 4.94. The number of aliphatic hydroxyl groups excluding tert-OH is 1. The van der Waals surface area contributed by atoms with Crippen LogP contribution in [0.1, 0.15) is 57.8 Å². The van der Waals surface area contributed by atoms with E-state index < -0.39 is 0 Å². The Morgan fingerprint density at radius 3 is 2.31 bits per heavy atom. The SMILES string of the molecule is O[C@H]1CCC[C@@H]1N1CCC[C@H]2CCCC[C@H]21. The van der Waals surface area contributed by atoms with E-state index in [1.54, 1.807) is 0 Å². The van der Waals surface area contributed by atoms with Crippen LogP contribution in [-0.4, -0.2) is 34.7 Å². The number of likely N-dealkylation sites (tertiary alicyclic amines) is 1. The first-order valence-electron chi connectivity index (χ1n) is 7.30. The van der Waals surface area contributed by atoms with Crippen LogP contribution >= 0.6 is 0 Å². The Balaban J connectivity index is 1.72. The van der Waals surface area contributed by atoms with Crippen molar-refractivity contribution in [2.45, 2.75) is 76.0 Å². The normalized spacial score (nSPS) is 45.6. The summed E-state index contributed by atoms with van der Waals surface area (Å²) in [6, 6.07) is 1.33. The molecule has 16 heavy (non-hydrogen) atoms. The number of hydrogen-bond donors (Lipinski definition) is 1. The maximum absolute atomic E-state index is 10.1. The van der Waals surface area contributed by atoms with Gasteiger partial charge in [-0.25, -0.2) is 0 Å². The van der Waals surface area contributed by atoms with Gasteiger partial charge in [0.1, 0.15) is 0 Å². The Hall–Kier alpha value is -0.0800. The van der Waals surface area contributed by atoms with Crippen LogP contribution < -0.4 is 0 Å². The first-order chi connectivity index (χ1) is 7.86. The van der Waals surface area contributed by atoms with Gasteiger partial charge >= 0.3 is 0 Å². The summed E-state index contributed by atoms with van der Waals surface area (Å²) >= 11 is 0. The van der Waals surface area contributed by atoms with Crippen molar-refractivity contribution in [2.24, 2.45) is 5.92 Å². The van der Waals surface area contributed by atoms with Gasteiger partial charge in [0, 0.05) is 12.1 Å². The quantitative estimate of drug-likeness (QED) is 0.738. The van der Waals surface area contributed by atoms with Crippen molar-refractivity contribution in [1.82, 2.24) is 4.90 Å². The van der Waals surface area contributed by atoms with Gasteiger partial charge in [0.05, 0.1) is 6.10 Å². The highest BCUT2D eigenvalue weighted by atomic mass is 16.3. The van der Waals surface area contributed by atoms with E-state index in [-0.39, 0.29) is 6.10 Å². The van der Waals surface area contributed by atoms with Crippen LogP contribution in [-0.2, 0) is 0 Å². The van der Waals surface area contributed by atoms with Crippen molar-refractivity contribution in [1.29, 1.82) is 0 Å². The van der Waals surface area contributed by atoms with Crippen LogP contribution in [0, 0.1) is 5.92 Å². The molecule has 1 saturated heterocycles. The van der Waals surface area contributed by atoms with Crippen LogP contribution in [0.5, 0.6) is 0 Å². The third-order valence-electron chi connectivity index (χ3n) is 5.16. The number of fused-ring (bicyclic) bond motifs is 1. The molecule has 3 fully saturated rings. The molecule has 1 aliphatic heterocycles. The van der Waals surface area contributed by atoms with E-state index in [0.717, 1.165) is 18.4 Å². The van der Waals surface area contributed by atoms with E-state index in [9.17, 15) is 5.11 Å². The fourth-order valence-corrected chi connectivity index (χ4v) is 4.38. The maximum Gasteiger partial charge on any atom is 0.0695 e. The molecule has 0 unspecified atom stereocenters. The minimum Gasteiger partial charge on any atom is -0.391 e. The Morgan fingerprint density at radius 1 is 0.750 bits per heavy atom. The molecule has 0 aromatic rings. The summed E-state index contributed by atoms with van der Waals surface area (Å²) in [4.78, 5) is 2.70. The molecule has 0 amide bonds. The summed E-state index contributed by atoms with van der Waals surface area (Å²) in [5.74, 6) is 0.954. The summed E-state index contributed by atoms with van der Waals surface area (Å²) in [5.41, 5.74) is 0. The van der Waals surface area contributed by atoms with Crippen LogP contribution in [0.4, 0.5) is 0 Å². The largest absolute Gasteiger partial charge is 0.391 e. The fourth-order valence-electron chi connectivity index (χ4n) is 4.38. The zero-order valence-corrected chi connectivity index (χ0v) is 10.3. The Kier molecular flexibility index (Phi) is 3.21. The van der Waals surface area contributed by atoms with Gasteiger partial charge in [0.15, 0.2) is 0 Å². The van der Waals surface area contributed by atoms with E-state index in [2.05, 4.69) is 4.90 Å². The van der Waals surface area contributed by atoms with Crippen LogP contribution in [0.25, 0.3) is 0 Å². The van der Waals surface area contributed by atoms with Gasteiger partial charge < -0.3 is 5.11 Å². The number of hydrogen-bond acceptors (Lipinski definition) is 2. The monoisotopic (exact) mass is 223 g/mol. The molecule has 2 nitrogen and oxygen atoms in total. The minimum atomic E-state index is -0.0272. The Bertz CT molecular complexity index is 241. The van der Waals surface area contributed by atoms with Gasteiger partial charge in [-0.1, -0.05) is 12.8 Å². The molecule has 3 aliphatic rings. The lowest BCUT2D eigenvalue weighted by molar-refractivity contribution is -0.0143. The second kappa shape index (κ2) is 4.66. The molecular weight excluding hydrogens is 198 g/mol. The van der Waals surface area contributed by atoms with Gasteiger partial charge in [0.25, 0.3) is 0 Å². The zero-order valence-electron chi connectivity index (χ0n) is 10.3. The predicted molar refractivity (Wildman–Crippen MR) is 65.3 cm³/mol. The topological polar surface area (TPSA) is 23.5 Å². The molecule has 2 saturated carbocycles. The second-order valence-electron chi connectivity index (χ2n) is 6.06. The average Bonchev–Trinajstić information content (AvgIpc) is 2.75. The van der Waals surface area contributed by atoms with Crippen LogP contribution in [0.3, 0.4) is 0 Å². The molecular formula is C14H25NO. The Labute approximate surface area is 99.0 Å². The van der Waals surface area contributed by atoms with E-state index in [0.29, 0.717) is 6.04 Å². The molecule has 92 valence electrons. The van der Waals surface area contributed by atoms with Gasteiger partial charge in [-0.3, -0.25) is 4.90 Å². The lowest BCUT2D eigenvalue weighted by Crippen LogP contribution is -2.53. The summed E-state index contributed by atoms with van der Waals surface area (Å²) in [6.45, 7) is 1.25. The van der Waals surface area contributed by atoms with E-state index in [1.807, 2.05) is 0 Å². The summed E-state index contributed by atoms with van der Waals surface area (Å²) in [6.07, 6.45) is 12.0. The van der Waals surface area contributed by atoms with Crippen molar-refractivity contribution in [3.63, 3.8) is 0 Å². The lowest BCUT2D eigenvalue weighted by Gasteiger charge is -2.47. The third-order valence-corrected chi connectivity index (χ3v) is 5.16. The third kappa shape index (κ3) is 1.91. The van der Waals surface area contributed by atoms with Gasteiger partial charge in [0.2, 0.25) is 0 Å². The standard InChI is InChI=1S/C14H25NO/c16-14-9-3-8-13(14)15-10-4-6-11-5-1-2-7-12(11)15/h11-14,16H,1-10H2/t11-,12-,13+,14+/m1/s1. The minimum absolute atomic E-state index is 0.0272. The van der Waals surface area contributed by atoms with Crippen molar-refractivity contribution < 1.29 is 5.11 Å². The van der Waals surface area contributed by atoms with E-state index in [4.69, 9.17) is 0 Å². The average molecular weight is 223 g/mol. The molecule has 0 bridgehead atoms. The van der Waals surface area contributed by atoms with Crippen LogP contribution in [0.2, 0.25) is 0 Å². The number of nitrogens with zero attached hydrogens (tertiary/aromatic N) is 1. The van der Waals surface area contributed by atoms with Crippen molar-refractivity contribution >= 4 is 0 Å². The number of rotatable bonds is 1. The van der Waals surface area contributed by atoms with Crippen molar-refractivity contribution in [3.8, 4) is 0 Å². The first kappa shape index (κ1) is 11.0. The van der Waals surface area contributed by atoms with E-state index in [1.165, 1.54) is 57.9 Å². The summed E-state index contributed by atoms with van der Waals surface area (Å²) in [5, 5.41) is 10.1. The number of piperidine rings is 1. The van der Waals surface area contributed by atoms with Crippen molar-refractivity contribution in [2.75, 3.05) is 6.54 Å². The molecule has 2 aliphatic carbocycles.